The molecule has 6 heteroatoms. The van der Waals surface area contributed by atoms with E-state index in [-0.39, 0.29) is 11.9 Å². The fourth-order valence-corrected chi connectivity index (χ4v) is 4.13. The lowest BCUT2D eigenvalue weighted by atomic mass is 10.1. The van der Waals surface area contributed by atoms with Crippen LogP contribution in [-0.4, -0.2) is 41.2 Å². The second-order valence-corrected chi connectivity index (χ2v) is 7.85. The van der Waals surface area contributed by atoms with E-state index in [1.54, 1.807) is 11.3 Å². The third-order valence-electron chi connectivity index (χ3n) is 4.77. The molecule has 142 valence electrons. The maximum Gasteiger partial charge on any atom is 0.224 e. The molecule has 1 amide bonds. The molecule has 27 heavy (non-hydrogen) atoms. The summed E-state index contributed by atoms with van der Waals surface area (Å²) in [5, 5.41) is 9.79. The fourth-order valence-electron chi connectivity index (χ4n) is 3.20. The Morgan fingerprint density at radius 3 is 2.56 bits per heavy atom. The van der Waals surface area contributed by atoms with Crippen LogP contribution in [-0.2, 0) is 11.2 Å². The van der Waals surface area contributed by atoms with Crippen molar-refractivity contribution in [3.63, 3.8) is 0 Å². The first-order valence-corrected chi connectivity index (χ1v) is 9.92. The maximum absolute atomic E-state index is 12.6. The lowest BCUT2D eigenvalue weighted by Gasteiger charge is -2.23. The minimum Gasteiger partial charge on any atom is -0.354 e. The van der Waals surface area contributed by atoms with Gasteiger partial charge in [-0.05, 0) is 51.5 Å². The number of rotatable bonds is 7. The van der Waals surface area contributed by atoms with Gasteiger partial charge in [-0.1, -0.05) is 24.3 Å². The van der Waals surface area contributed by atoms with Gasteiger partial charge in [-0.3, -0.25) is 4.79 Å². The van der Waals surface area contributed by atoms with Crippen LogP contribution in [0, 0.1) is 13.8 Å². The summed E-state index contributed by atoms with van der Waals surface area (Å²) in [5.41, 5.74) is 3.91. The summed E-state index contributed by atoms with van der Waals surface area (Å²) < 4.78 is 1.91. The highest BCUT2D eigenvalue weighted by Crippen LogP contribution is 2.22. The molecule has 0 aliphatic carbocycles. The number of hydrogen-bond donors (Lipinski definition) is 1. The molecule has 1 unspecified atom stereocenters. The molecule has 0 saturated carbocycles. The molecule has 0 saturated heterocycles. The van der Waals surface area contributed by atoms with Crippen LogP contribution in [0.4, 0.5) is 0 Å². The van der Waals surface area contributed by atoms with E-state index in [2.05, 4.69) is 26.8 Å². The van der Waals surface area contributed by atoms with Gasteiger partial charge < -0.3 is 10.2 Å². The Labute approximate surface area is 164 Å². The quantitative estimate of drug-likeness (QED) is 0.680. The number of carbonyl (C=O) groups is 1. The van der Waals surface area contributed by atoms with Gasteiger partial charge in [0.05, 0.1) is 23.8 Å². The van der Waals surface area contributed by atoms with Crippen LogP contribution in [0.3, 0.4) is 0 Å². The molecule has 0 bridgehead atoms. The SMILES string of the molecule is Cc1nn(-c2ccccc2)c(C)c1CC(=O)NCC(c1cccs1)N(C)C. The van der Waals surface area contributed by atoms with Gasteiger partial charge in [0.15, 0.2) is 0 Å². The van der Waals surface area contributed by atoms with E-state index < -0.39 is 0 Å². The number of nitrogens with zero attached hydrogens (tertiary/aromatic N) is 3. The molecule has 5 nitrogen and oxygen atoms in total. The molecule has 0 aliphatic heterocycles. The van der Waals surface area contributed by atoms with Gasteiger partial charge in [0.25, 0.3) is 0 Å². The summed E-state index contributed by atoms with van der Waals surface area (Å²) in [7, 11) is 4.07. The second-order valence-electron chi connectivity index (χ2n) is 6.87. The van der Waals surface area contributed by atoms with E-state index >= 15 is 0 Å². The van der Waals surface area contributed by atoms with Crippen LogP contribution >= 0.6 is 11.3 Å². The first kappa shape index (κ1) is 19.3. The van der Waals surface area contributed by atoms with Gasteiger partial charge in [0.2, 0.25) is 5.91 Å². The van der Waals surface area contributed by atoms with Crippen LogP contribution in [0.1, 0.15) is 27.9 Å². The van der Waals surface area contributed by atoms with E-state index in [0.29, 0.717) is 13.0 Å². The molecule has 0 fully saturated rings. The number of hydrogen-bond acceptors (Lipinski definition) is 4. The Morgan fingerprint density at radius 1 is 1.19 bits per heavy atom. The third-order valence-corrected chi connectivity index (χ3v) is 5.74. The van der Waals surface area contributed by atoms with Crippen LogP contribution in [0.25, 0.3) is 5.69 Å². The Balaban J connectivity index is 1.69. The van der Waals surface area contributed by atoms with E-state index in [9.17, 15) is 4.79 Å². The average molecular weight is 383 g/mol. The molecular formula is C21H26N4OS. The number of aryl methyl sites for hydroxylation is 1. The molecule has 1 aromatic carbocycles. The minimum atomic E-state index is 0.0252. The number of likely N-dealkylation sites (N-methyl/N-ethyl adjacent to an activating group) is 1. The molecule has 1 atom stereocenters. The van der Waals surface area contributed by atoms with Crippen molar-refractivity contribution in [3.8, 4) is 5.69 Å². The number of thiophene rings is 1. The number of amides is 1. The van der Waals surface area contributed by atoms with Crippen molar-refractivity contribution in [1.82, 2.24) is 20.0 Å². The van der Waals surface area contributed by atoms with Gasteiger partial charge in [0.1, 0.15) is 0 Å². The first-order valence-electron chi connectivity index (χ1n) is 9.04. The van der Waals surface area contributed by atoms with Crippen LogP contribution in [0.2, 0.25) is 0 Å². The van der Waals surface area contributed by atoms with Crippen LogP contribution < -0.4 is 5.32 Å². The number of nitrogens with one attached hydrogen (secondary N) is 1. The summed E-state index contributed by atoms with van der Waals surface area (Å²) in [4.78, 5) is 16.0. The molecule has 3 aromatic rings. The fraction of sp³-hybridized carbons (Fsp3) is 0.333. The second kappa shape index (κ2) is 8.50. The number of aromatic nitrogens is 2. The summed E-state index contributed by atoms with van der Waals surface area (Å²) in [6.07, 6.45) is 0.342. The highest BCUT2D eigenvalue weighted by molar-refractivity contribution is 7.10. The number of para-hydroxylation sites is 1. The average Bonchev–Trinajstić information content (AvgIpc) is 3.26. The van der Waals surface area contributed by atoms with Gasteiger partial charge in [-0.2, -0.15) is 5.10 Å². The maximum atomic E-state index is 12.6. The van der Waals surface area contributed by atoms with Gasteiger partial charge in [0, 0.05) is 22.7 Å². The van der Waals surface area contributed by atoms with Crippen LogP contribution in [0.5, 0.6) is 0 Å². The minimum absolute atomic E-state index is 0.0252. The van der Waals surface area contributed by atoms with E-state index in [0.717, 1.165) is 22.6 Å². The zero-order valence-corrected chi connectivity index (χ0v) is 17.1. The Hall–Kier alpha value is -2.44. The first-order chi connectivity index (χ1) is 13.0. The molecule has 0 radical (unpaired) electrons. The van der Waals surface area contributed by atoms with E-state index in [1.165, 1.54) is 4.88 Å². The summed E-state index contributed by atoms with van der Waals surface area (Å²) in [6, 6.07) is 14.3. The van der Waals surface area contributed by atoms with Crippen molar-refractivity contribution in [2.24, 2.45) is 0 Å². The summed E-state index contributed by atoms with van der Waals surface area (Å²) in [6.45, 7) is 4.57. The standard InChI is InChI=1S/C21H26N4OS/c1-15-18(16(2)25(23-15)17-9-6-5-7-10-17)13-21(26)22-14-19(24(3)4)20-11-8-12-27-20/h5-12,19H,13-14H2,1-4H3,(H,22,26). The van der Waals surface area contributed by atoms with E-state index in [4.69, 9.17) is 0 Å². The third kappa shape index (κ3) is 4.46. The summed E-state index contributed by atoms with van der Waals surface area (Å²) in [5.74, 6) is 0.0252. The molecule has 3 rings (SSSR count). The number of carbonyl (C=O) groups excluding carboxylic acids is 1. The van der Waals surface area contributed by atoms with Gasteiger partial charge >= 0.3 is 0 Å². The van der Waals surface area contributed by atoms with Crippen molar-refractivity contribution < 1.29 is 4.79 Å². The number of benzene rings is 1. The van der Waals surface area contributed by atoms with Crippen molar-refractivity contribution >= 4 is 17.2 Å². The predicted molar refractivity (Wildman–Crippen MR) is 110 cm³/mol. The lowest BCUT2D eigenvalue weighted by Crippen LogP contribution is -2.35. The Bertz CT molecular complexity index is 885. The lowest BCUT2D eigenvalue weighted by molar-refractivity contribution is -0.120. The zero-order chi connectivity index (χ0) is 19.4. The molecule has 0 spiro atoms. The topological polar surface area (TPSA) is 50.2 Å². The van der Waals surface area contributed by atoms with Gasteiger partial charge in [-0.15, -0.1) is 11.3 Å². The largest absolute Gasteiger partial charge is 0.354 e. The van der Waals surface area contributed by atoms with E-state index in [1.807, 2.05) is 69.0 Å². The molecule has 2 heterocycles. The highest BCUT2D eigenvalue weighted by Gasteiger charge is 2.19. The highest BCUT2D eigenvalue weighted by atomic mass is 32.1. The van der Waals surface area contributed by atoms with Gasteiger partial charge in [-0.25, -0.2) is 4.68 Å². The van der Waals surface area contributed by atoms with Crippen molar-refractivity contribution in [2.45, 2.75) is 26.3 Å². The summed E-state index contributed by atoms with van der Waals surface area (Å²) >= 11 is 1.71. The predicted octanol–water partition coefficient (Wildman–Crippen LogP) is 3.51. The smallest absolute Gasteiger partial charge is 0.224 e. The van der Waals surface area contributed by atoms with Crippen molar-refractivity contribution in [2.75, 3.05) is 20.6 Å². The molecular weight excluding hydrogens is 356 g/mol. The Kier molecular flexibility index (Phi) is 6.08. The molecule has 1 N–H and O–H groups in total. The zero-order valence-electron chi connectivity index (χ0n) is 16.3. The molecule has 0 aliphatic rings. The Morgan fingerprint density at radius 2 is 1.93 bits per heavy atom. The van der Waals surface area contributed by atoms with Crippen molar-refractivity contribution in [1.29, 1.82) is 0 Å². The normalized spacial score (nSPS) is 12.3. The monoisotopic (exact) mass is 382 g/mol. The van der Waals surface area contributed by atoms with Crippen molar-refractivity contribution in [3.05, 3.63) is 69.7 Å². The molecule has 2 aromatic heterocycles. The van der Waals surface area contributed by atoms with Crippen LogP contribution in [0.15, 0.2) is 47.8 Å².